The van der Waals surface area contributed by atoms with Gasteiger partial charge in [0.25, 0.3) is 0 Å². The van der Waals surface area contributed by atoms with Gasteiger partial charge in [0.1, 0.15) is 5.82 Å². The van der Waals surface area contributed by atoms with Gasteiger partial charge < -0.3 is 0 Å². The third-order valence-corrected chi connectivity index (χ3v) is 4.90. The summed E-state index contributed by atoms with van der Waals surface area (Å²) in [6.45, 7) is 3.56. The lowest BCUT2D eigenvalue weighted by atomic mass is 9.98. The molecular weight excluding hydrogens is 383 g/mol. The van der Waals surface area contributed by atoms with E-state index in [9.17, 15) is 9.18 Å². The Labute approximate surface area is 125 Å². The van der Waals surface area contributed by atoms with E-state index in [2.05, 4.69) is 31.9 Å². The third-order valence-electron chi connectivity index (χ3n) is 2.56. The van der Waals surface area contributed by atoms with E-state index >= 15 is 0 Å². The van der Waals surface area contributed by atoms with Gasteiger partial charge in [-0.05, 0) is 69.0 Å². The molecule has 0 fully saturated rings. The molecule has 0 unspecified atom stereocenters. The lowest BCUT2D eigenvalue weighted by molar-refractivity contribution is 0.103. The quantitative estimate of drug-likeness (QED) is 0.638. The second kappa shape index (κ2) is 5.23. The molecule has 0 bridgehead atoms. The summed E-state index contributed by atoms with van der Waals surface area (Å²) in [5.74, 6) is -0.759. The zero-order valence-corrected chi connectivity index (χ0v) is 13.7. The fourth-order valence-corrected chi connectivity index (χ4v) is 4.63. The number of hydrogen-bond acceptors (Lipinski definition) is 2. The lowest BCUT2D eigenvalue weighted by Crippen LogP contribution is -2.07. The average Bonchev–Trinajstić information content (AvgIpc) is 2.56. The maximum absolute atomic E-state index is 13.9. The first kappa shape index (κ1) is 13.9. The highest BCUT2D eigenvalue weighted by Crippen LogP contribution is 2.34. The molecule has 0 atom stereocenters. The van der Waals surface area contributed by atoms with Crippen LogP contribution in [-0.4, -0.2) is 5.78 Å². The van der Waals surface area contributed by atoms with E-state index in [1.54, 1.807) is 19.9 Å². The summed E-state index contributed by atoms with van der Waals surface area (Å²) >= 11 is 8.04. The van der Waals surface area contributed by atoms with Crippen molar-refractivity contribution in [2.75, 3.05) is 0 Å². The van der Waals surface area contributed by atoms with Gasteiger partial charge in [-0.15, -0.1) is 11.3 Å². The molecular formula is C13H9Br2FOS. The molecule has 1 aromatic carbocycles. The standard InChI is InChI=1S/C13H9Br2FOS/c1-6-3-7(2)11(9(16)4-6)12(17)8-5-10(14)18-13(8)15/h3-5H,1-2H3. The fourth-order valence-electron chi connectivity index (χ4n) is 1.83. The van der Waals surface area contributed by atoms with Crippen molar-refractivity contribution in [2.45, 2.75) is 13.8 Å². The Morgan fingerprint density at radius 1 is 1.22 bits per heavy atom. The van der Waals surface area contributed by atoms with Crippen molar-refractivity contribution in [2.24, 2.45) is 0 Å². The molecule has 1 aromatic heterocycles. The van der Waals surface area contributed by atoms with Gasteiger partial charge in [0.05, 0.1) is 13.1 Å². The molecule has 1 heterocycles. The van der Waals surface area contributed by atoms with Crippen LogP contribution in [0.4, 0.5) is 4.39 Å². The van der Waals surface area contributed by atoms with Gasteiger partial charge in [-0.2, -0.15) is 0 Å². The Morgan fingerprint density at radius 3 is 2.39 bits per heavy atom. The van der Waals surface area contributed by atoms with Crippen LogP contribution in [0, 0.1) is 19.7 Å². The molecule has 1 nitrogen and oxygen atoms in total. The summed E-state index contributed by atoms with van der Waals surface area (Å²) in [5, 5.41) is 0. The first-order valence-corrected chi connectivity index (χ1v) is 7.56. The van der Waals surface area contributed by atoms with Crippen LogP contribution in [0.5, 0.6) is 0 Å². The van der Waals surface area contributed by atoms with E-state index in [0.717, 1.165) is 9.35 Å². The Bertz CT molecular complexity index is 611. The Balaban J connectivity index is 2.56. The van der Waals surface area contributed by atoms with Gasteiger partial charge in [0.2, 0.25) is 0 Å². The van der Waals surface area contributed by atoms with Crippen LogP contribution in [0.25, 0.3) is 0 Å². The van der Waals surface area contributed by atoms with Gasteiger partial charge in [-0.1, -0.05) is 6.07 Å². The number of thiophene rings is 1. The topological polar surface area (TPSA) is 17.1 Å². The number of carbonyl (C=O) groups is 1. The summed E-state index contributed by atoms with van der Waals surface area (Å²) in [5.41, 5.74) is 2.10. The Kier molecular flexibility index (Phi) is 4.04. The van der Waals surface area contributed by atoms with E-state index in [1.807, 2.05) is 6.07 Å². The number of ketones is 1. The summed E-state index contributed by atoms with van der Waals surface area (Å²) in [4.78, 5) is 12.3. The third kappa shape index (κ3) is 2.58. The highest BCUT2D eigenvalue weighted by atomic mass is 79.9. The Hall–Kier alpha value is -0.520. The maximum atomic E-state index is 13.9. The van der Waals surface area contributed by atoms with E-state index in [0.29, 0.717) is 14.9 Å². The van der Waals surface area contributed by atoms with E-state index in [-0.39, 0.29) is 11.3 Å². The smallest absolute Gasteiger partial charge is 0.198 e. The zero-order valence-electron chi connectivity index (χ0n) is 9.68. The molecule has 0 saturated heterocycles. The minimum atomic E-state index is -0.466. The molecule has 2 aromatic rings. The van der Waals surface area contributed by atoms with Crippen LogP contribution in [-0.2, 0) is 0 Å². The minimum Gasteiger partial charge on any atom is -0.288 e. The number of rotatable bonds is 2. The predicted molar refractivity (Wildman–Crippen MR) is 79.0 cm³/mol. The number of benzene rings is 1. The van der Waals surface area contributed by atoms with Crippen molar-refractivity contribution >= 4 is 49.0 Å². The monoisotopic (exact) mass is 390 g/mol. The molecule has 0 radical (unpaired) electrons. The maximum Gasteiger partial charge on any atom is 0.198 e. The van der Waals surface area contributed by atoms with E-state index < -0.39 is 5.82 Å². The fraction of sp³-hybridized carbons (Fsp3) is 0.154. The molecule has 2 rings (SSSR count). The second-order valence-electron chi connectivity index (χ2n) is 4.01. The van der Waals surface area contributed by atoms with Crippen LogP contribution in [0.2, 0.25) is 0 Å². The predicted octanol–water partition coefficient (Wildman–Crippen LogP) is 5.26. The summed E-state index contributed by atoms with van der Waals surface area (Å²) in [7, 11) is 0. The molecule has 0 amide bonds. The van der Waals surface area contributed by atoms with Gasteiger partial charge >= 0.3 is 0 Å². The first-order valence-electron chi connectivity index (χ1n) is 5.16. The van der Waals surface area contributed by atoms with Crippen molar-refractivity contribution in [3.8, 4) is 0 Å². The zero-order chi connectivity index (χ0) is 13.4. The highest BCUT2D eigenvalue weighted by Gasteiger charge is 2.21. The SMILES string of the molecule is Cc1cc(C)c(C(=O)c2cc(Br)sc2Br)c(F)c1. The lowest BCUT2D eigenvalue weighted by Gasteiger charge is -2.07. The van der Waals surface area contributed by atoms with Crippen molar-refractivity contribution in [3.63, 3.8) is 0 Å². The molecule has 94 valence electrons. The number of carbonyl (C=O) groups excluding carboxylic acids is 1. The first-order chi connectivity index (χ1) is 8.40. The second-order valence-corrected chi connectivity index (χ2v) is 7.75. The summed E-state index contributed by atoms with van der Waals surface area (Å²) < 4.78 is 15.5. The van der Waals surface area contributed by atoms with Crippen LogP contribution in [0.15, 0.2) is 25.8 Å². The van der Waals surface area contributed by atoms with Gasteiger partial charge in [0.15, 0.2) is 5.78 Å². The normalized spacial score (nSPS) is 10.7. The summed E-state index contributed by atoms with van der Waals surface area (Å²) in [6, 6.07) is 4.90. The van der Waals surface area contributed by atoms with Gasteiger partial charge in [-0.3, -0.25) is 4.79 Å². The summed E-state index contributed by atoms with van der Waals surface area (Å²) in [6.07, 6.45) is 0. The van der Waals surface area contributed by atoms with Crippen molar-refractivity contribution in [1.29, 1.82) is 0 Å². The number of halogens is 3. The molecule has 0 N–H and O–H groups in total. The molecule has 0 aliphatic heterocycles. The molecule has 0 spiro atoms. The largest absolute Gasteiger partial charge is 0.288 e. The van der Waals surface area contributed by atoms with Crippen LogP contribution < -0.4 is 0 Å². The number of aryl methyl sites for hydroxylation is 2. The minimum absolute atomic E-state index is 0.145. The van der Waals surface area contributed by atoms with Gasteiger partial charge in [-0.25, -0.2) is 4.39 Å². The van der Waals surface area contributed by atoms with Crippen molar-refractivity contribution in [1.82, 2.24) is 0 Å². The molecule has 0 aliphatic carbocycles. The molecule has 0 aliphatic rings. The Morgan fingerprint density at radius 2 is 1.89 bits per heavy atom. The highest BCUT2D eigenvalue weighted by molar-refractivity contribution is 9.12. The van der Waals surface area contributed by atoms with Crippen LogP contribution >= 0.6 is 43.2 Å². The van der Waals surface area contributed by atoms with E-state index in [1.165, 1.54) is 17.4 Å². The molecule has 18 heavy (non-hydrogen) atoms. The van der Waals surface area contributed by atoms with Crippen LogP contribution in [0.3, 0.4) is 0 Å². The molecule has 5 heteroatoms. The van der Waals surface area contributed by atoms with Crippen molar-refractivity contribution < 1.29 is 9.18 Å². The number of hydrogen-bond donors (Lipinski definition) is 0. The van der Waals surface area contributed by atoms with Crippen LogP contribution in [0.1, 0.15) is 27.0 Å². The van der Waals surface area contributed by atoms with Crippen molar-refractivity contribution in [3.05, 3.63) is 53.8 Å². The average molecular weight is 392 g/mol. The molecule has 0 saturated carbocycles. The van der Waals surface area contributed by atoms with E-state index in [4.69, 9.17) is 0 Å². The van der Waals surface area contributed by atoms with Gasteiger partial charge in [0, 0.05) is 5.56 Å².